The molecule has 0 saturated heterocycles. The van der Waals surface area contributed by atoms with E-state index in [0.29, 0.717) is 11.3 Å². The zero-order chi connectivity index (χ0) is 14.2. The van der Waals surface area contributed by atoms with Crippen molar-refractivity contribution in [3.8, 4) is 0 Å². The standard InChI is InChI=1S/C11H15N5O3/c1-12-11(13-2)8-6-7(16(18)19)4-5-9(8)15(14-3)10(11)17/h4-6,12-14H,1-3H3. The number of anilines is 1. The molecular weight excluding hydrogens is 250 g/mol. The van der Waals surface area contributed by atoms with Gasteiger partial charge in [-0.1, -0.05) is 0 Å². The summed E-state index contributed by atoms with van der Waals surface area (Å²) in [7, 11) is 4.86. The van der Waals surface area contributed by atoms with Crippen molar-refractivity contribution < 1.29 is 9.72 Å². The van der Waals surface area contributed by atoms with Gasteiger partial charge in [0.2, 0.25) is 0 Å². The Morgan fingerprint density at radius 1 is 1.26 bits per heavy atom. The van der Waals surface area contributed by atoms with E-state index in [9.17, 15) is 14.9 Å². The van der Waals surface area contributed by atoms with E-state index in [1.807, 2.05) is 0 Å². The number of carbonyl (C=O) groups is 1. The van der Waals surface area contributed by atoms with Crippen molar-refractivity contribution in [3.63, 3.8) is 0 Å². The third-order valence-electron chi connectivity index (χ3n) is 3.33. The van der Waals surface area contributed by atoms with Gasteiger partial charge in [-0.25, -0.2) is 10.4 Å². The Morgan fingerprint density at radius 2 is 1.89 bits per heavy atom. The third kappa shape index (κ3) is 1.69. The van der Waals surface area contributed by atoms with Gasteiger partial charge < -0.3 is 0 Å². The van der Waals surface area contributed by atoms with Crippen LogP contribution in [0.15, 0.2) is 18.2 Å². The zero-order valence-corrected chi connectivity index (χ0v) is 10.9. The minimum absolute atomic E-state index is 0.0561. The second kappa shape index (κ2) is 4.57. The number of nitro benzene ring substituents is 1. The Morgan fingerprint density at radius 3 is 2.37 bits per heavy atom. The van der Waals surface area contributed by atoms with Crippen LogP contribution < -0.4 is 21.1 Å². The van der Waals surface area contributed by atoms with Crippen LogP contribution in [-0.4, -0.2) is 32.0 Å². The number of hydrogen-bond acceptors (Lipinski definition) is 6. The smallest absolute Gasteiger partial charge is 0.281 e. The van der Waals surface area contributed by atoms with Crippen molar-refractivity contribution in [1.29, 1.82) is 0 Å². The Labute approximate surface area is 109 Å². The molecule has 0 spiro atoms. The van der Waals surface area contributed by atoms with Crippen molar-refractivity contribution in [2.24, 2.45) is 0 Å². The molecule has 1 aliphatic rings. The summed E-state index contributed by atoms with van der Waals surface area (Å²) < 4.78 is 0. The van der Waals surface area contributed by atoms with Crippen molar-refractivity contribution in [2.45, 2.75) is 5.66 Å². The van der Waals surface area contributed by atoms with Gasteiger partial charge in [0.25, 0.3) is 11.6 Å². The van der Waals surface area contributed by atoms with E-state index in [2.05, 4.69) is 16.1 Å². The summed E-state index contributed by atoms with van der Waals surface area (Å²) in [6.45, 7) is 0. The molecule has 1 amide bonds. The topological polar surface area (TPSA) is 99.5 Å². The lowest BCUT2D eigenvalue weighted by Gasteiger charge is -2.27. The molecule has 3 N–H and O–H groups in total. The minimum Gasteiger partial charge on any atom is -0.291 e. The summed E-state index contributed by atoms with van der Waals surface area (Å²) in [6, 6.07) is 4.33. The second-order valence-corrected chi connectivity index (χ2v) is 4.07. The van der Waals surface area contributed by atoms with Gasteiger partial charge >= 0.3 is 0 Å². The predicted octanol–water partition coefficient (Wildman–Crippen LogP) is -0.333. The number of nitrogens with one attached hydrogen (secondary N) is 3. The highest BCUT2D eigenvalue weighted by atomic mass is 16.6. The molecule has 8 nitrogen and oxygen atoms in total. The maximum atomic E-state index is 12.4. The predicted molar refractivity (Wildman–Crippen MR) is 69.4 cm³/mol. The van der Waals surface area contributed by atoms with Gasteiger partial charge in [-0.3, -0.25) is 25.5 Å². The van der Waals surface area contributed by atoms with Gasteiger partial charge in [0.1, 0.15) is 0 Å². The first-order chi connectivity index (χ1) is 9.01. The monoisotopic (exact) mass is 265 g/mol. The lowest BCUT2D eigenvalue weighted by Crippen LogP contribution is -2.59. The van der Waals surface area contributed by atoms with Crippen molar-refractivity contribution in [2.75, 3.05) is 26.2 Å². The van der Waals surface area contributed by atoms with Crippen LogP contribution in [0.1, 0.15) is 5.56 Å². The van der Waals surface area contributed by atoms with Crippen LogP contribution in [0.5, 0.6) is 0 Å². The van der Waals surface area contributed by atoms with Crippen LogP contribution in [0.3, 0.4) is 0 Å². The van der Waals surface area contributed by atoms with E-state index in [1.54, 1.807) is 27.2 Å². The molecule has 1 aromatic carbocycles. The third-order valence-corrected chi connectivity index (χ3v) is 3.33. The molecule has 0 aromatic heterocycles. The lowest BCUT2D eigenvalue weighted by atomic mass is 10.0. The number of hydrogen-bond donors (Lipinski definition) is 3. The Kier molecular flexibility index (Phi) is 3.23. The molecule has 0 fully saturated rings. The van der Waals surface area contributed by atoms with E-state index < -0.39 is 10.6 Å². The molecule has 19 heavy (non-hydrogen) atoms. The van der Waals surface area contributed by atoms with Gasteiger partial charge in [0, 0.05) is 24.7 Å². The maximum absolute atomic E-state index is 12.4. The zero-order valence-electron chi connectivity index (χ0n) is 10.9. The molecule has 2 rings (SSSR count). The fraction of sp³-hybridized carbons (Fsp3) is 0.364. The number of carbonyl (C=O) groups excluding carboxylic acids is 1. The van der Waals surface area contributed by atoms with E-state index in [1.165, 1.54) is 17.1 Å². The second-order valence-electron chi connectivity index (χ2n) is 4.07. The number of benzene rings is 1. The van der Waals surface area contributed by atoms with Crippen LogP contribution in [0.25, 0.3) is 0 Å². The van der Waals surface area contributed by atoms with Gasteiger partial charge in [-0.05, 0) is 20.2 Å². The average Bonchev–Trinajstić information content (AvgIpc) is 2.66. The fourth-order valence-electron chi connectivity index (χ4n) is 2.36. The highest BCUT2D eigenvalue weighted by Gasteiger charge is 2.50. The van der Waals surface area contributed by atoms with Gasteiger partial charge in [0.15, 0.2) is 5.66 Å². The average molecular weight is 265 g/mol. The number of rotatable bonds is 4. The van der Waals surface area contributed by atoms with Crippen LogP contribution in [-0.2, 0) is 10.5 Å². The van der Waals surface area contributed by atoms with Crippen molar-refractivity contribution in [1.82, 2.24) is 16.1 Å². The first kappa shape index (κ1) is 13.4. The highest BCUT2D eigenvalue weighted by molar-refractivity contribution is 6.07. The molecule has 0 bridgehead atoms. The van der Waals surface area contributed by atoms with Crippen LogP contribution in [0, 0.1) is 10.1 Å². The summed E-state index contributed by atoms with van der Waals surface area (Å²) in [5.74, 6) is -0.268. The highest BCUT2D eigenvalue weighted by Crippen LogP contribution is 2.39. The van der Waals surface area contributed by atoms with Crippen LogP contribution in [0.4, 0.5) is 11.4 Å². The Balaban J connectivity index is 2.68. The molecule has 0 radical (unpaired) electrons. The van der Waals surface area contributed by atoms with E-state index in [0.717, 1.165) is 0 Å². The number of nitrogens with zero attached hydrogens (tertiary/aromatic N) is 2. The number of fused-ring (bicyclic) bond motifs is 1. The largest absolute Gasteiger partial charge is 0.291 e. The van der Waals surface area contributed by atoms with Gasteiger partial charge in [0.05, 0.1) is 10.6 Å². The summed E-state index contributed by atoms with van der Waals surface area (Å²) in [6.07, 6.45) is 0. The number of non-ortho nitro benzene ring substituents is 1. The van der Waals surface area contributed by atoms with Gasteiger partial charge in [-0.15, -0.1) is 0 Å². The molecule has 1 aromatic rings. The SMILES string of the molecule is CNN1C(=O)C(NC)(NC)c2cc([N+](=O)[O-])ccc21. The fourth-order valence-corrected chi connectivity index (χ4v) is 2.36. The minimum atomic E-state index is -1.16. The van der Waals surface area contributed by atoms with E-state index in [4.69, 9.17) is 0 Å². The molecule has 8 heteroatoms. The van der Waals surface area contributed by atoms with Crippen molar-refractivity contribution in [3.05, 3.63) is 33.9 Å². The number of amides is 1. The maximum Gasteiger partial charge on any atom is 0.281 e. The molecule has 1 heterocycles. The van der Waals surface area contributed by atoms with Gasteiger partial charge in [-0.2, -0.15) is 0 Å². The van der Waals surface area contributed by atoms with E-state index >= 15 is 0 Å². The first-order valence-corrected chi connectivity index (χ1v) is 5.70. The lowest BCUT2D eigenvalue weighted by molar-refractivity contribution is -0.384. The summed E-state index contributed by atoms with van der Waals surface area (Å²) >= 11 is 0. The molecular formula is C11H15N5O3. The molecule has 0 unspecified atom stereocenters. The molecule has 0 aliphatic carbocycles. The molecule has 1 aliphatic heterocycles. The normalized spacial score (nSPS) is 16.6. The summed E-state index contributed by atoms with van der Waals surface area (Å²) in [5.41, 5.74) is 2.66. The summed E-state index contributed by atoms with van der Waals surface area (Å²) in [4.78, 5) is 22.8. The number of nitro groups is 1. The number of likely N-dealkylation sites (N-methyl/N-ethyl adjacent to an activating group) is 2. The number of hydrazine groups is 1. The van der Waals surface area contributed by atoms with Crippen LogP contribution in [0.2, 0.25) is 0 Å². The van der Waals surface area contributed by atoms with Crippen molar-refractivity contribution >= 4 is 17.3 Å². The van der Waals surface area contributed by atoms with E-state index in [-0.39, 0.29) is 11.6 Å². The molecule has 102 valence electrons. The molecule has 0 atom stereocenters. The first-order valence-electron chi connectivity index (χ1n) is 5.70. The Bertz CT molecular complexity index is 541. The summed E-state index contributed by atoms with van der Waals surface area (Å²) in [5, 5.41) is 18.0. The quantitative estimate of drug-likeness (QED) is 0.391. The molecule has 0 saturated carbocycles. The Hall–Kier alpha value is -2.03. The van der Waals surface area contributed by atoms with Crippen LogP contribution >= 0.6 is 0 Å².